The number of nitrogens with one attached hydrogen (secondary N) is 2. The Morgan fingerprint density at radius 1 is 1.16 bits per heavy atom. The molecule has 8 N–H and O–H groups in total. The lowest BCUT2D eigenvalue weighted by Gasteiger charge is -2.21. The van der Waals surface area contributed by atoms with E-state index in [0.717, 1.165) is 4.88 Å². The Labute approximate surface area is 182 Å². The third kappa shape index (κ3) is 7.33. The second kappa shape index (κ2) is 10.9. The van der Waals surface area contributed by atoms with Crippen molar-refractivity contribution in [3.05, 3.63) is 51.7 Å². The number of rotatable bonds is 11. The fourth-order valence-electron chi connectivity index (χ4n) is 2.68. The fraction of sp³-hybridized carbons (Fsp3) is 0.350. The van der Waals surface area contributed by atoms with Crippen molar-refractivity contribution < 1.29 is 34.8 Å². The molecule has 2 aromatic rings. The third-order valence-electron chi connectivity index (χ3n) is 4.38. The summed E-state index contributed by atoms with van der Waals surface area (Å²) >= 11 is 1.25. The molecule has 1 unspecified atom stereocenters. The van der Waals surface area contributed by atoms with Gasteiger partial charge in [-0.15, -0.1) is 11.3 Å². The summed E-state index contributed by atoms with van der Waals surface area (Å²) in [5, 5.41) is 47.3. The quantitative estimate of drug-likeness (QED) is 0.147. The number of nitrogens with two attached hydrogens (primary N) is 1. The monoisotopic (exact) mass is 451 g/mol. The van der Waals surface area contributed by atoms with Gasteiger partial charge in [0.05, 0.1) is 17.3 Å². The van der Waals surface area contributed by atoms with Gasteiger partial charge in [0.2, 0.25) is 12.2 Å². The molecule has 31 heavy (non-hydrogen) atoms. The number of benzene rings is 1. The van der Waals surface area contributed by atoms with Crippen LogP contribution in [0.2, 0.25) is 0 Å². The highest BCUT2D eigenvalue weighted by atomic mass is 32.1. The van der Waals surface area contributed by atoms with Crippen molar-refractivity contribution in [2.24, 2.45) is 11.7 Å². The Kier molecular flexibility index (Phi) is 8.51. The molecule has 2 rings (SSSR count). The van der Waals surface area contributed by atoms with Gasteiger partial charge < -0.3 is 36.2 Å². The van der Waals surface area contributed by atoms with Crippen LogP contribution >= 0.6 is 11.3 Å². The summed E-state index contributed by atoms with van der Waals surface area (Å²) in [6.45, 7) is 1.62. The third-order valence-corrected chi connectivity index (χ3v) is 5.51. The maximum atomic E-state index is 12.3. The number of hydrogen-bond donors (Lipinski definition) is 7. The van der Waals surface area contributed by atoms with E-state index in [1.54, 1.807) is 43.3 Å². The molecule has 0 spiro atoms. The van der Waals surface area contributed by atoms with Gasteiger partial charge >= 0.3 is 5.97 Å². The van der Waals surface area contributed by atoms with E-state index in [9.17, 15) is 24.9 Å². The molecule has 1 amide bonds. The van der Waals surface area contributed by atoms with Crippen LogP contribution in [0.1, 0.15) is 35.0 Å². The van der Waals surface area contributed by atoms with Gasteiger partial charge in [-0.3, -0.25) is 15.0 Å². The van der Waals surface area contributed by atoms with Gasteiger partial charge in [-0.25, -0.2) is 0 Å². The van der Waals surface area contributed by atoms with E-state index in [0.29, 0.717) is 22.6 Å². The summed E-state index contributed by atoms with van der Waals surface area (Å²) in [5.41, 5.74) is 5.93. The van der Waals surface area contributed by atoms with Crippen molar-refractivity contribution >= 4 is 29.0 Å². The number of amidine groups is 1. The van der Waals surface area contributed by atoms with Crippen molar-refractivity contribution in [2.45, 2.75) is 38.4 Å². The molecular weight excluding hydrogens is 426 g/mol. The topological polar surface area (TPSA) is 186 Å². The first-order valence-corrected chi connectivity index (χ1v) is 10.1. The van der Waals surface area contributed by atoms with Crippen LogP contribution in [0.4, 0.5) is 0 Å². The van der Waals surface area contributed by atoms with Crippen LogP contribution in [0, 0.1) is 11.3 Å². The van der Waals surface area contributed by atoms with Crippen LogP contribution in [0.25, 0.3) is 0 Å². The second-order valence-electron chi connectivity index (χ2n) is 6.94. The summed E-state index contributed by atoms with van der Waals surface area (Å²) in [7, 11) is 0. The molecule has 10 nitrogen and oxygen atoms in total. The molecule has 168 valence electrons. The van der Waals surface area contributed by atoms with E-state index in [4.69, 9.17) is 21.0 Å². The molecule has 3 atom stereocenters. The number of aliphatic hydroxyl groups excluding tert-OH is 2. The van der Waals surface area contributed by atoms with Crippen LogP contribution < -0.4 is 15.8 Å². The summed E-state index contributed by atoms with van der Waals surface area (Å²) in [5.74, 6) is -2.03. The molecule has 0 aliphatic rings. The van der Waals surface area contributed by atoms with Crippen LogP contribution in [-0.4, -0.2) is 50.5 Å². The van der Waals surface area contributed by atoms with Crippen molar-refractivity contribution in [3.63, 3.8) is 0 Å². The molecule has 1 heterocycles. The number of carbonyl (C=O) groups excluding carboxylic acids is 1. The Hall–Kier alpha value is -2.99. The van der Waals surface area contributed by atoms with Crippen molar-refractivity contribution in [2.75, 3.05) is 0 Å². The lowest BCUT2D eigenvalue weighted by Crippen LogP contribution is -2.46. The minimum atomic E-state index is -1.99. The van der Waals surface area contributed by atoms with Crippen LogP contribution in [-0.2, 0) is 16.0 Å². The molecule has 0 fully saturated rings. The first-order chi connectivity index (χ1) is 14.6. The highest BCUT2D eigenvalue weighted by Gasteiger charge is 2.25. The highest BCUT2D eigenvalue weighted by molar-refractivity contribution is 7.12. The number of hydrogen-bond acceptors (Lipinski definition) is 8. The van der Waals surface area contributed by atoms with Gasteiger partial charge in [0.25, 0.3) is 0 Å². The number of nitrogen functional groups attached to an aromatic ring is 1. The molecule has 0 saturated heterocycles. The number of amides is 1. The minimum Gasteiger partial charge on any atom is -0.481 e. The predicted octanol–water partition coefficient (Wildman–Crippen LogP) is 0.551. The smallest absolute Gasteiger partial charge is 0.305 e. The van der Waals surface area contributed by atoms with Crippen molar-refractivity contribution in [1.29, 1.82) is 5.41 Å². The zero-order chi connectivity index (χ0) is 23.1. The lowest BCUT2D eigenvalue weighted by atomic mass is 10.0. The van der Waals surface area contributed by atoms with Gasteiger partial charge in [0, 0.05) is 16.4 Å². The normalized spacial score (nSPS) is 14.0. The molecule has 1 aromatic carbocycles. The van der Waals surface area contributed by atoms with E-state index in [1.807, 2.05) is 0 Å². The molecular formula is C20H25N3O7S. The molecule has 0 saturated carbocycles. The maximum Gasteiger partial charge on any atom is 0.305 e. The Morgan fingerprint density at radius 2 is 1.81 bits per heavy atom. The predicted molar refractivity (Wildman–Crippen MR) is 113 cm³/mol. The van der Waals surface area contributed by atoms with E-state index in [1.165, 1.54) is 11.3 Å². The van der Waals surface area contributed by atoms with Gasteiger partial charge in [-0.2, -0.15) is 0 Å². The average molecular weight is 452 g/mol. The van der Waals surface area contributed by atoms with E-state index < -0.39 is 42.8 Å². The fourth-order valence-corrected chi connectivity index (χ4v) is 3.73. The first-order valence-electron chi connectivity index (χ1n) is 9.33. The molecule has 0 aliphatic heterocycles. The average Bonchev–Trinajstić information content (AvgIpc) is 3.16. The molecule has 1 aromatic heterocycles. The zero-order valence-electron chi connectivity index (χ0n) is 16.7. The van der Waals surface area contributed by atoms with Crippen LogP contribution in [0.5, 0.6) is 5.75 Å². The summed E-state index contributed by atoms with van der Waals surface area (Å²) in [6.07, 6.45) is -3.53. The second-order valence-corrected chi connectivity index (χ2v) is 8.14. The molecule has 0 aliphatic carbocycles. The molecule has 0 bridgehead atoms. The largest absolute Gasteiger partial charge is 0.481 e. The van der Waals surface area contributed by atoms with E-state index in [2.05, 4.69) is 5.32 Å². The first kappa shape index (κ1) is 24.3. The number of carboxylic acid groups (broad SMARTS) is 1. The Balaban J connectivity index is 1.94. The minimum absolute atomic E-state index is 0.0732. The number of aliphatic hydroxyl groups is 3. The Bertz CT molecular complexity index is 914. The SMILES string of the molecule is CC(Cc1ccc([C@H](O)Oc2ccc(C(=N)N)cc2)s1)C(=O)N[C@H](CC(=O)O)C(O)O. The number of carboxylic acids is 1. The summed E-state index contributed by atoms with van der Waals surface area (Å²) < 4.78 is 5.48. The van der Waals surface area contributed by atoms with Gasteiger partial charge in [0.15, 0.2) is 6.29 Å². The van der Waals surface area contributed by atoms with Crippen molar-refractivity contribution in [3.8, 4) is 5.75 Å². The number of ether oxygens (including phenoxy) is 1. The highest BCUT2D eigenvalue weighted by Crippen LogP contribution is 2.28. The zero-order valence-corrected chi connectivity index (χ0v) is 17.5. The van der Waals surface area contributed by atoms with E-state index >= 15 is 0 Å². The van der Waals surface area contributed by atoms with Crippen LogP contribution in [0.15, 0.2) is 36.4 Å². The molecule has 0 radical (unpaired) electrons. The van der Waals surface area contributed by atoms with Gasteiger partial charge in [0.1, 0.15) is 11.6 Å². The van der Waals surface area contributed by atoms with Crippen molar-refractivity contribution in [1.82, 2.24) is 5.32 Å². The summed E-state index contributed by atoms with van der Waals surface area (Å²) in [6, 6.07) is 8.48. The summed E-state index contributed by atoms with van der Waals surface area (Å²) in [4.78, 5) is 24.4. The number of thiophene rings is 1. The number of aliphatic carboxylic acids is 1. The molecule has 11 heteroatoms. The maximum absolute atomic E-state index is 12.3. The lowest BCUT2D eigenvalue weighted by molar-refractivity contribution is -0.143. The number of carbonyl (C=O) groups is 2. The standard InChI is InChI=1S/C20H25N3O7S/c1-10(18(26)23-14(19(27)28)9-16(24)25)8-13-6-7-15(31-13)20(29)30-12-4-2-11(3-5-12)17(21)22/h2-7,10,14,19-20,27-29H,8-9H2,1H3,(H3,21,22)(H,23,26)(H,24,25)/t10?,14-,20-/m1/s1. The van der Waals surface area contributed by atoms with Crippen LogP contribution in [0.3, 0.4) is 0 Å². The van der Waals surface area contributed by atoms with Gasteiger partial charge in [-0.05, 0) is 42.8 Å². The Morgan fingerprint density at radius 3 is 2.35 bits per heavy atom. The van der Waals surface area contributed by atoms with E-state index in [-0.39, 0.29) is 5.84 Å². The van der Waals surface area contributed by atoms with Gasteiger partial charge in [-0.1, -0.05) is 6.92 Å².